The van der Waals surface area contributed by atoms with Crippen LogP contribution >= 0.6 is 0 Å². The molecule has 0 spiro atoms. The van der Waals surface area contributed by atoms with Crippen molar-refractivity contribution in [2.45, 2.75) is 26.8 Å². The predicted octanol–water partition coefficient (Wildman–Crippen LogP) is 3.81. The van der Waals surface area contributed by atoms with E-state index in [1.54, 1.807) is 6.92 Å². The summed E-state index contributed by atoms with van der Waals surface area (Å²) in [6.07, 6.45) is 0. The second-order valence-electron chi connectivity index (χ2n) is 4.84. The van der Waals surface area contributed by atoms with Crippen LogP contribution in [0.4, 0.5) is 0 Å². The first kappa shape index (κ1) is 13.8. The van der Waals surface area contributed by atoms with Gasteiger partial charge in [-0.2, -0.15) is 0 Å². The summed E-state index contributed by atoms with van der Waals surface area (Å²) in [5.41, 5.74) is 1.09. The smallest absolute Gasteiger partial charge is 0.151 e. The molecule has 0 aromatic heterocycles. The Balaban J connectivity index is 2.47. The quantitative estimate of drug-likeness (QED) is 0.809. The Morgan fingerprint density at radius 1 is 1.05 bits per heavy atom. The van der Waals surface area contributed by atoms with E-state index in [0.29, 0.717) is 0 Å². The van der Waals surface area contributed by atoms with Gasteiger partial charge in [0.1, 0.15) is 0 Å². The third kappa shape index (κ3) is 2.85. The monoisotopic (exact) mass is 255 g/mol. The van der Waals surface area contributed by atoms with Gasteiger partial charge in [0.15, 0.2) is 5.78 Å². The topological polar surface area (TPSA) is 20.3 Å². The lowest BCUT2D eigenvalue weighted by atomic mass is 9.98. The molecule has 2 aromatic carbocycles. The SMILES string of the molecule is CCN(CC)C(C(C)=O)c1ccc2ccccc2c1. The van der Waals surface area contributed by atoms with Crippen LogP contribution in [-0.2, 0) is 4.79 Å². The van der Waals surface area contributed by atoms with Crippen LogP contribution in [0.5, 0.6) is 0 Å². The van der Waals surface area contributed by atoms with Gasteiger partial charge in [0.05, 0.1) is 6.04 Å². The maximum Gasteiger partial charge on any atom is 0.151 e. The van der Waals surface area contributed by atoms with Crippen molar-refractivity contribution in [3.05, 3.63) is 48.0 Å². The zero-order valence-corrected chi connectivity index (χ0v) is 11.9. The van der Waals surface area contributed by atoms with Gasteiger partial charge in [-0.1, -0.05) is 50.2 Å². The summed E-state index contributed by atoms with van der Waals surface area (Å²) in [4.78, 5) is 14.2. The van der Waals surface area contributed by atoms with Crippen molar-refractivity contribution in [3.63, 3.8) is 0 Å². The van der Waals surface area contributed by atoms with Gasteiger partial charge < -0.3 is 0 Å². The van der Waals surface area contributed by atoms with Gasteiger partial charge in [-0.25, -0.2) is 0 Å². The lowest BCUT2D eigenvalue weighted by molar-refractivity contribution is -0.122. The fourth-order valence-electron chi connectivity index (χ4n) is 2.67. The fraction of sp³-hybridized carbons (Fsp3) is 0.353. The molecule has 2 nitrogen and oxygen atoms in total. The third-order valence-electron chi connectivity index (χ3n) is 3.65. The van der Waals surface area contributed by atoms with Crippen molar-refractivity contribution in [2.75, 3.05) is 13.1 Å². The number of nitrogens with zero attached hydrogens (tertiary/aromatic N) is 1. The van der Waals surface area contributed by atoms with Crippen LogP contribution in [0.25, 0.3) is 10.8 Å². The molecule has 2 aromatic rings. The number of fused-ring (bicyclic) bond motifs is 1. The normalized spacial score (nSPS) is 12.8. The number of benzene rings is 2. The largest absolute Gasteiger partial charge is 0.298 e. The number of rotatable bonds is 5. The van der Waals surface area contributed by atoms with E-state index in [1.807, 2.05) is 12.1 Å². The van der Waals surface area contributed by atoms with Crippen LogP contribution in [0.15, 0.2) is 42.5 Å². The fourth-order valence-corrected chi connectivity index (χ4v) is 2.67. The van der Waals surface area contributed by atoms with Crippen molar-refractivity contribution in [3.8, 4) is 0 Å². The van der Waals surface area contributed by atoms with E-state index in [1.165, 1.54) is 10.8 Å². The summed E-state index contributed by atoms with van der Waals surface area (Å²) >= 11 is 0. The Morgan fingerprint density at radius 3 is 2.26 bits per heavy atom. The minimum Gasteiger partial charge on any atom is -0.298 e. The number of hydrogen-bond donors (Lipinski definition) is 0. The minimum atomic E-state index is -0.125. The molecule has 2 heteroatoms. The Bertz CT molecular complexity index is 572. The molecule has 0 amide bonds. The van der Waals surface area contributed by atoms with Crippen LogP contribution in [-0.4, -0.2) is 23.8 Å². The molecule has 1 unspecified atom stereocenters. The standard InChI is InChI=1S/C17H21NO/c1-4-18(5-2)17(13(3)19)16-11-10-14-8-6-7-9-15(14)12-16/h6-12,17H,4-5H2,1-3H3. The van der Waals surface area contributed by atoms with E-state index in [-0.39, 0.29) is 11.8 Å². The number of carbonyl (C=O) groups excluding carboxylic acids is 1. The highest BCUT2D eigenvalue weighted by Crippen LogP contribution is 2.25. The third-order valence-corrected chi connectivity index (χ3v) is 3.65. The predicted molar refractivity (Wildman–Crippen MR) is 80.3 cm³/mol. The summed E-state index contributed by atoms with van der Waals surface area (Å²) in [6, 6.07) is 14.5. The van der Waals surface area contributed by atoms with Gasteiger partial charge in [0.2, 0.25) is 0 Å². The van der Waals surface area contributed by atoms with Gasteiger partial charge in [-0.15, -0.1) is 0 Å². The van der Waals surface area contributed by atoms with E-state index in [0.717, 1.165) is 18.7 Å². The number of hydrogen-bond acceptors (Lipinski definition) is 2. The minimum absolute atomic E-state index is 0.125. The van der Waals surface area contributed by atoms with Crippen LogP contribution in [0.2, 0.25) is 0 Å². The number of ketones is 1. The summed E-state index contributed by atoms with van der Waals surface area (Å²) in [7, 11) is 0. The highest BCUT2D eigenvalue weighted by Gasteiger charge is 2.22. The average molecular weight is 255 g/mol. The van der Waals surface area contributed by atoms with Crippen molar-refractivity contribution in [1.82, 2.24) is 4.90 Å². The van der Waals surface area contributed by atoms with Gasteiger partial charge in [-0.3, -0.25) is 9.69 Å². The molecule has 19 heavy (non-hydrogen) atoms. The summed E-state index contributed by atoms with van der Waals surface area (Å²) < 4.78 is 0. The Labute approximate surface area is 115 Å². The molecule has 0 fully saturated rings. The lowest BCUT2D eigenvalue weighted by Crippen LogP contribution is -2.32. The highest BCUT2D eigenvalue weighted by atomic mass is 16.1. The van der Waals surface area contributed by atoms with Crippen LogP contribution in [0.3, 0.4) is 0 Å². The number of carbonyl (C=O) groups is 1. The van der Waals surface area contributed by atoms with Crippen LogP contribution in [0, 0.1) is 0 Å². The second kappa shape index (κ2) is 5.98. The van der Waals surface area contributed by atoms with E-state index in [4.69, 9.17) is 0 Å². The summed E-state index contributed by atoms with van der Waals surface area (Å²) in [5, 5.41) is 2.41. The molecule has 0 saturated carbocycles. The van der Waals surface area contributed by atoms with Gasteiger partial charge in [-0.05, 0) is 42.4 Å². The van der Waals surface area contributed by atoms with Gasteiger partial charge >= 0.3 is 0 Å². The molecule has 0 saturated heterocycles. The van der Waals surface area contributed by atoms with E-state index in [2.05, 4.69) is 49.1 Å². The first-order chi connectivity index (χ1) is 9.17. The number of likely N-dealkylation sites (N-methyl/N-ethyl adjacent to an activating group) is 1. The van der Waals surface area contributed by atoms with Crippen molar-refractivity contribution in [2.24, 2.45) is 0 Å². The maximum absolute atomic E-state index is 12.0. The molecule has 2 rings (SSSR count). The Kier molecular flexibility index (Phi) is 4.33. The molecule has 0 N–H and O–H groups in total. The van der Waals surface area contributed by atoms with E-state index < -0.39 is 0 Å². The Hall–Kier alpha value is -1.67. The highest BCUT2D eigenvalue weighted by molar-refractivity contribution is 5.87. The Morgan fingerprint density at radius 2 is 1.68 bits per heavy atom. The molecule has 0 aliphatic rings. The van der Waals surface area contributed by atoms with E-state index >= 15 is 0 Å². The first-order valence-corrected chi connectivity index (χ1v) is 6.90. The zero-order chi connectivity index (χ0) is 13.8. The molecule has 0 bridgehead atoms. The molecule has 0 aliphatic heterocycles. The van der Waals surface area contributed by atoms with Crippen molar-refractivity contribution in [1.29, 1.82) is 0 Å². The van der Waals surface area contributed by atoms with Gasteiger partial charge in [0, 0.05) is 0 Å². The molecular formula is C17H21NO. The average Bonchev–Trinajstić information content (AvgIpc) is 2.43. The molecule has 100 valence electrons. The maximum atomic E-state index is 12.0. The summed E-state index contributed by atoms with van der Waals surface area (Å²) in [5.74, 6) is 0.207. The summed E-state index contributed by atoms with van der Waals surface area (Å²) in [6.45, 7) is 7.64. The molecule has 0 aliphatic carbocycles. The van der Waals surface area contributed by atoms with Crippen molar-refractivity contribution < 1.29 is 4.79 Å². The van der Waals surface area contributed by atoms with Gasteiger partial charge in [0.25, 0.3) is 0 Å². The molecule has 0 radical (unpaired) electrons. The molecule has 0 heterocycles. The second-order valence-corrected chi connectivity index (χ2v) is 4.84. The van der Waals surface area contributed by atoms with Crippen LogP contribution in [0.1, 0.15) is 32.4 Å². The van der Waals surface area contributed by atoms with E-state index in [9.17, 15) is 4.79 Å². The first-order valence-electron chi connectivity index (χ1n) is 6.90. The van der Waals surface area contributed by atoms with Crippen molar-refractivity contribution >= 4 is 16.6 Å². The lowest BCUT2D eigenvalue weighted by Gasteiger charge is -2.28. The number of Topliss-reactive ketones (excluding diaryl/α,β-unsaturated/α-hetero) is 1. The molecular weight excluding hydrogens is 234 g/mol. The zero-order valence-electron chi connectivity index (χ0n) is 11.9. The van der Waals surface area contributed by atoms with Crippen LogP contribution < -0.4 is 0 Å². The molecule has 1 atom stereocenters.